The molecule has 0 radical (unpaired) electrons. The highest BCUT2D eigenvalue weighted by Crippen LogP contribution is 2.15. The molecule has 1 aromatic rings. The van der Waals surface area contributed by atoms with Gasteiger partial charge in [-0.1, -0.05) is 6.07 Å². The number of hydrogen-bond acceptors (Lipinski definition) is 2. The average molecular weight is 173 g/mol. The lowest BCUT2D eigenvalue weighted by molar-refractivity contribution is 0.0688. The molecule has 0 spiro atoms. The summed E-state index contributed by atoms with van der Waals surface area (Å²) < 4.78 is 23.9. The van der Waals surface area contributed by atoms with Gasteiger partial charge in [0.25, 0.3) is 6.43 Å². The summed E-state index contributed by atoms with van der Waals surface area (Å²) in [5.74, 6) is -1.31. The van der Waals surface area contributed by atoms with Crippen molar-refractivity contribution in [2.45, 2.75) is 6.43 Å². The molecule has 0 aliphatic carbocycles. The molecular weight excluding hydrogens is 168 g/mol. The molecule has 0 aliphatic rings. The van der Waals surface area contributed by atoms with Gasteiger partial charge in [0.05, 0.1) is 0 Å². The Morgan fingerprint density at radius 1 is 1.50 bits per heavy atom. The van der Waals surface area contributed by atoms with E-state index in [0.717, 1.165) is 12.1 Å². The Bertz CT molecular complexity index is 301. The van der Waals surface area contributed by atoms with Crippen LogP contribution in [0, 0.1) is 0 Å². The predicted octanol–water partition coefficient (Wildman–Crippen LogP) is 1.72. The van der Waals surface area contributed by atoms with Crippen LogP contribution in [0.15, 0.2) is 18.2 Å². The summed E-state index contributed by atoms with van der Waals surface area (Å²) in [7, 11) is 0. The van der Waals surface area contributed by atoms with Crippen molar-refractivity contribution in [2.75, 3.05) is 0 Å². The average Bonchev–Trinajstić information content (AvgIpc) is 2.04. The summed E-state index contributed by atoms with van der Waals surface area (Å²) >= 11 is 0. The second kappa shape index (κ2) is 3.25. The molecule has 0 atom stereocenters. The van der Waals surface area contributed by atoms with Gasteiger partial charge in [-0.2, -0.15) is 0 Å². The summed E-state index contributed by atoms with van der Waals surface area (Å²) in [5, 5.41) is 8.38. The minimum Gasteiger partial charge on any atom is -0.477 e. The first-order valence-corrected chi connectivity index (χ1v) is 3.09. The Balaban J connectivity index is 3.04. The number of alkyl halides is 2. The monoisotopic (exact) mass is 173 g/mol. The van der Waals surface area contributed by atoms with Crippen LogP contribution >= 0.6 is 0 Å². The van der Waals surface area contributed by atoms with Crippen LogP contribution in [0.1, 0.15) is 22.6 Å². The third-order valence-electron chi connectivity index (χ3n) is 1.21. The summed E-state index contributed by atoms with van der Waals surface area (Å²) in [5.41, 5.74) is -0.886. The zero-order chi connectivity index (χ0) is 9.14. The summed E-state index contributed by atoms with van der Waals surface area (Å²) in [6.07, 6.45) is -2.73. The predicted molar refractivity (Wildman–Crippen MR) is 36.2 cm³/mol. The third-order valence-corrected chi connectivity index (χ3v) is 1.21. The fourth-order valence-electron chi connectivity index (χ4n) is 0.692. The van der Waals surface area contributed by atoms with Crippen LogP contribution in [0.2, 0.25) is 0 Å². The van der Waals surface area contributed by atoms with Crippen molar-refractivity contribution in [1.29, 1.82) is 0 Å². The van der Waals surface area contributed by atoms with E-state index in [-0.39, 0.29) is 5.69 Å². The molecule has 3 nitrogen and oxygen atoms in total. The van der Waals surface area contributed by atoms with Crippen molar-refractivity contribution in [3.8, 4) is 0 Å². The number of rotatable bonds is 2. The quantitative estimate of drug-likeness (QED) is 0.740. The Kier molecular flexibility index (Phi) is 2.32. The number of pyridine rings is 1. The first kappa shape index (κ1) is 8.58. The van der Waals surface area contributed by atoms with Crippen LogP contribution in [0.25, 0.3) is 0 Å². The normalized spacial score (nSPS) is 10.2. The van der Waals surface area contributed by atoms with Gasteiger partial charge in [-0.25, -0.2) is 18.6 Å². The van der Waals surface area contributed by atoms with E-state index < -0.39 is 18.1 Å². The molecule has 64 valence electrons. The smallest absolute Gasteiger partial charge is 0.354 e. The molecule has 0 fully saturated rings. The topological polar surface area (TPSA) is 50.2 Å². The van der Waals surface area contributed by atoms with E-state index in [9.17, 15) is 13.6 Å². The van der Waals surface area contributed by atoms with Crippen molar-refractivity contribution in [3.63, 3.8) is 0 Å². The van der Waals surface area contributed by atoms with E-state index in [1.807, 2.05) is 0 Å². The molecule has 1 heterocycles. The highest BCUT2D eigenvalue weighted by molar-refractivity contribution is 5.85. The molecule has 0 bridgehead atoms. The first-order chi connectivity index (χ1) is 5.61. The van der Waals surface area contributed by atoms with Crippen molar-refractivity contribution in [1.82, 2.24) is 4.98 Å². The maximum Gasteiger partial charge on any atom is 0.354 e. The van der Waals surface area contributed by atoms with Crippen LogP contribution in [0.4, 0.5) is 8.78 Å². The fourth-order valence-corrected chi connectivity index (χ4v) is 0.692. The maximum absolute atomic E-state index is 12.0. The van der Waals surface area contributed by atoms with Gasteiger partial charge in [-0.3, -0.25) is 0 Å². The standard InChI is InChI=1S/C7H5F2NO2/c8-6(9)4-2-1-3-5(10-4)7(11)12/h1-3,6H,(H,11,12). The molecule has 0 saturated heterocycles. The lowest BCUT2D eigenvalue weighted by Crippen LogP contribution is -2.02. The maximum atomic E-state index is 12.0. The van der Waals surface area contributed by atoms with Gasteiger partial charge in [-0.05, 0) is 12.1 Å². The van der Waals surface area contributed by atoms with Crippen LogP contribution in [-0.2, 0) is 0 Å². The van der Waals surface area contributed by atoms with Crippen LogP contribution < -0.4 is 0 Å². The van der Waals surface area contributed by atoms with Crippen molar-refractivity contribution in [2.24, 2.45) is 0 Å². The molecule has 0 amide bonds. The number of aromatic nitrogens is 1. The molecule has 0 unspecified atom stereocenters. The number of aromatic carboxylic acids is 1. The molecule has 12 heavy (non-hydrogen) atoms. The Labute approximate surface area is 66.7 Å². The van der Waals surface area contributed by atoms with Crippen molar-refractivity contribution >= 4 is 5.97 Å². The molecule has 1 aromatic heterocycles. The van der Waals surface area contributed by atoms with Gasteiger partial charge in [0.15, 0.2) is 0 Å². The van der Waals surface area contributed by atoms with Gasteiger partial charge in [0.1, 0.15) is 11.4 Å². The summed E-state index contributed by atoms with van der Waals surface area (Å²) in [6, 6.07) is 3.48. The fraction of sp³-hybridized carbons (Fsp3) is 0.143. The number of halogens is 2. The van der Waals surface area contributed by atoms with Crippen LogP contribution in [-0.4, -0.2) is 16.1 Å². The lowest BCUT2D eigenvalue weighted by atomic mass is 10.3. The highest BCUT2D eigenvalue weighted by Gasteiger charge is 2.11. The second-order valence-corrected chi connectivity index (χ2v) is 2.05. The van der Waals surface area contributed by atoms with Gasteiger partial charge in [-0.15, -0.1) is 0 Å². The van der Waals surface area contributed by atoms with Gasteiger partial charge >= 0.3 is 5.97 Å². The number of carbonyl (C=O) groups is 1. The molecule has 0 saturated carbocycles. The van der Waals surface area contributed by atoms with Crippen LogP contribution in [0.5, 0.6) is 0 Å². The summed E-state index contributed by atoms with van der Waals surface area (Å²) in [6.45, 7) is 0. The molecule has 0 aromatic carbocycles. The van der Waals surface area contributed by atoms with E-state index >= 15 is 0 Å². The van der Waals surface area contributed by atoms with Crippen molar-refractivity contribution < 1.29 is 18.7 Å². The second-order valence-electron chi connectivity index (χ2n) is 2.05. The van der Waals surface area contributed by atoms with Crippen LogP contribution in [0.3, 0.4) is 0 Å². The number of nitrogens with zero attached hydrogens (tertiary/aromatic N) is 1. The molecule has 1 N–H and O–H groups in total. The zero-order valence-electron chi connectivity index (χ0n) is 5.87. The van der Waals surface area contributed by atoms with E-state index in [4.69, 9.17) is 5.11 Å². The van der Waals surface area contributed by atoms with Gasteiger partial charge < -0.3 is 5.11 Å². The minimum atomic E-state index is -2.73. The first-order valence-electron chi connectivity index (χ1n) is 3.09. The van der Waals surface area contributed by atoms with E-state index in [1.54, 1.807) is 0 Å². The Morgan fingerprint density at radius 3 is 2.67 bits per heavy atom. The van der Waals surface area contributed by atoms with E-state index in [2.05, 4.69) is 4.98 Å². The Morgan fingerprint density at radius 2 is 2.17 bits per heavy atom. The zero-order valence-corrected chi connectivity index (χ0v) is 5.87. The van der Waals surface area contributed by atoms with E-state index in [0.29, 0.717) is 0 Å². The molecular formula is C7H5F2NO2. The number of carboxylic acids is 1. The SMILES string of the molecule is O=C(O)c1cccc(C(F)F)n1. The van der Waals surface area contributed by atoms with Crippen molar-refractivity contribution in [3.05, 3.63) is 29.6 Å². The molecule has 5 heteroatoms. The third kappa shape index (κ3) is 1.75. The molecule has 1 rings (SSSR count). The van der Waals surface area contributed by atoms with E-state index in [1.165, 1.54) is 6.07 Å². The highest BCUT2D eigenvalue weighted by atomic mass is 19.3. The molecule has 0 aliphatic heterocycles. The number of carboxylic acid groups (broad SMARTS) is 1. The largest absolute Gasteiger partial charge is 0.477 e. The Hall–Kier alpha value is -1.52. The summed E-state index contributed by atoms with van der Waals surface area (Å²) in [4.78, 5) is 13.5. The lowest BCUT2D eigenvalue weighted by Gasteiger charge is -1.98. The number of hydrogen-bond donors (Lipinski definition) is 1. The van der Waals surface area contributed by atoms with Gasteiger partial charge in [0.2, 0.25) is 0 Å². The minimum absolute atomic E-state index is 0.368. The van der Waals surface area contributed by atoms with Gasteiger partial charge in [0, 0.05) is 0 Å².